The third kappa shape index (κ3) is 11.3. The van der Waals surface area contributed by atoms with Crippen LogP contribution in [0.5, 0.6) is 11.5 Å². The summed E-state index contributed by atoms with van der Waals surface area (Å²) in [6.07, 6.45) is 6.17. The van der Waals surface area contributed by atoms with Crippen molar-refractivity contribution in [2.75, 3.05) is 5.75 Å². The van der Waals surface area contributed by atoms with E-state index < -0.39 is 10.1 Å². The molecule has 0 unspecified atom stereocenters. The van der Waals surface area contributed by atoms with Crippen molar-refractivity contribution in [2.45, 2.75) is 55.2 Å². The highest BCUT2D eigenvalue weighted by Gasteiger charge is 2.12. The highest BCUT2D eigenvalue weighted by atomic mass is 32.2. The maximum absolute atomic E-state index is 11.7. The predicted molar refractivity (Wildman–Crippen MR) is 134 cm³/mol. The van der Waals surface area contributed by atoms with E-state index in [-0.39, 0.29) is 17.3 Å². The molecule has 32 heavy (non-hydrogen) atoms. The molecule has 0 aliphatic carbocycles. The quantitative estimate of drug-likeness (QED) is 0.152. The molecule has 3 aromatic carbocycles. The fourth-order valence-electron chi connectivity index (χ4n) is 2.90. The highest BCUT2D eigenvalue weighted by molar-refractivity contribution is 7.87. The average molecular weight is 474 g/mol. The molecule has 0 saturated carbocycles. The molecule has 0 heterocycles. The molecule has 0 spiro atoms. The number of rotatable bonds is 11. The van der Waals surface area contributed by atoms with Crippen molar-refractivity contribution in [1.82, 2.24) is 0 Å². The van der Waals surface area contributed by atoms with Crippen molar-refractivity contribution < 1.29 is 17.7 Å². The first-order valence-electron chi connectivity index (χ1n) is 11.0. The van der Waals surface area contributed by atoms with E-state index in [1.165, 1.54) is 58.7 Å². The minimum Gasteiger partial charge on any atom is -0.508 e. The highest BCUT2D eigenvalue weighted by Crippen LogP contribution is 2.18. The number of unbranched alkanes of at least 4 members (excludes halogenated alkanes) is 5. The van der Waals surface area contributed by atoms with Crippen molar-refractivity contribution in [2.24, 2.45) is 0 Å². The normalized spacial score (nSPS) is 10.8. The third-order valence-corrected chi connectivity index (χ3v) is 6.93. The van der Waals surface area contributed by atoms with Crippen molar-refractivity contribution >= 4 is 21.9 Å². The van der Waals surface area contributed by atoms with E-state index in [1.54, 1.807) is 0 Å². The monoisotopic (exact) mass is 473 g/mol. The van der Waals surface area contributed by atoms with Crippen LogP contribution in [-0.2, 0) is 21.9 Å². The number of phenolic OH excluding ortho intramolecular Hbond substituents is 1. The summed E-state index contributed by atoms with van der Waals surface area (Å²) < 4.78 is 28.3. The summed E-state index contributed by atoms with van der Waals surface area (Å²) in [5, 5.41) is 9.09. The molecule has 0 aliphatic rings. The molecule has 0 saturated heterocycles. The van der Waals surface area contributed by atoms with Crippen LogP contribution in [0.2, 0.25) is 0 Å². The number of aromatic hydroxyl groups is 1. The fourth-order valence-corrected chi connectivity index (χ4v) is 4.89. The minimum absolute atomic E-state index is 0.0417. The molecule has 4 nitrogen and oxygen atoms in total. The number of hydrogen-bond acceptors (Lipinski definition) is 4. The Hall–Kier alpha value is -2.44. The average Bonchev–Trinajstić information content (AvgIpc) is 2.79. The first-order chi connectivity index (χ1) is 15.5. The molecule has 0 radical (unpaired) electrons. The third-order valence-electron chi connectivity index (χ3n) is 4.58. The van der Waals surface area contributed by atoms with Crippen LogP contribution in [-0.4, -0.2) is 19.3 Å². The van der Waals surface area contributed by atoms with Crippen LogP contribution in [0.3, 0.4) is 0 Å². The number of phenols is 1. The Bertz CT molecular complexity index is 936. The standard InChI is InChI=1S/C14H22O4S.C12H10S/c1-2-3-4-5-6-7-12-19(16,17)18-14-10-8-13(15)9-11-14;1-3-7-11(8-4-1)13-12-9-5-2-6-10-12/h8-11,15H,2-7,12H2,1H3;1-10H/p+1. The molecule has 3 aromatic rings. The zero-order valence-corrected chi connectivity index (χ0v) is 20.3. The summed E-state index contributed by atoms with van der Waals surface area (Å²) in [4.78, 5) is 2.68. The molecular formula is C26H33O4S2+. The summed E-state index contributed by atoms with van der Waals surface area (Å²) in [6, 6.07) is 26.7. The van der Waals surface area contributed by atoms with Gasteiger partial charge in [0.25, 0.3) is 0 Å². The Morgan fingerprint density at radius 2 is 1.22 bits per heavy atom. The lowest BCUT2D eigenvalue weighted by molar-refractivity contribution is 0.467. The topological polar surface area (TPSA) is 63.6 Å². The maximum Gasteiger partial charge on any atom is 0.309 e. The smallest absolute Gasteiger partial charge is 0.309 e. The van der Waals surface area contributed by atoms with Gasteiger partial charge < -0.3 is 9.29 Å². The van der Waals surface area contributed by atoms with Crippen LogP contribution < -0.4 is 4.18 Å². The van der Waals surface area contributed by atoms with E-state index in [1.807, 2.05) is 12.1 Å². The Morgan fingerprint density at radius 1 is 0.719 bits per heavy atom. The predicted octanol–water partition coefficient (Wildman–Crippen LogP) is 6.38. The molecule has 172 valence electrons. The molecule has 0 amide bonds. The van der Waals surface area contributed by atoms with Crippen molar-refractivity contribution in [1.29, 1.82) is 0 Å². The van der Waals surface area contributed by atoms with E-state index in [0.717, 1.165) is 19.3 Å². The molecule has 0 bridgehead atoms. The lowest BCUT2D eigenvalue weighted by atomic mass is 10.1. The first-order valence-corrected chi connectivity index (χ1v) is 13.5. The van der Waals surface area contributed by atoms with E-state index in [2.05, 4.69) is 55.5 Å². The van der Waals surface area contributed by atoms with Crippen LogP contribution in [0, 0.1) is 0 Å². The molecule has 3 rings (SSSR count). The van der Waals surface area contributed by atoms with Gasteiger partial charge in [-0.05, 0) is 55.0 Å². The van der Waals surface area contributed by atoms with Gasteiger partial charge in [0.2, 0.25) is 0 Å². The van der Waals surface area contributed by atoms with Crippen LogP contribution in [0.25, 0.3) is 0 Å². The lowest BCUT2D eigenvalue weighted by Gasteiger charge is -2.07. The van der Waals surface area contributed by atoms with E-state index in [9.17, 15) is 8.42 Å². The van der Waals surface area contributed by atoms with Gasteiger partial charge in [-0.1, -0.05) is 75.4 Å². The van der Waals surface area contributed by atoms with E-state index >= 15 is 0 Å². The van der Waals surface area contributed by atoms with Crippen LogP contribution in [0.1, 0.15) is 45.4 Å². The van der Waals surface area contributed by atoms with Gasteiger partial charge in [0.1, 0.15) is 11.5 Å². The lowest BCUT2D eigenvalue weighted by Crippen LogP contribution is -2.13. The first kappa shape index (κ1) is 25.8. The Kier molecular flexibility index (Phi) is 11.8. The molecule has 0 aliphatic heterocycles. The summed E-state index contributed by atoms with van der Waals surface area (Å²) >= 11 is 1.28. The van der Waals surface area contributed by atoms with E-state index in [4.69, 9.17) is 9.29 Å². The Morgan fingerprint density at radius 3 is 1.75 bits per heavy atom. The van der Waals surface area contributed by atoms with Gasteiger partial charge in [-0.15, -0.1) is 0 Å². The Labute approximate surface area is 196 Å². The van der Waals surface area contributed by atoms with Gasteiger partial charge in [0, 0.05) is 11.8 Å². The van der Waals surface area contributed by atoms with Crippen molar-refractivity contribution in [3.05, 3.63) is 84.9 Å². The zero-order chi connectivity index (χ0) is 23.1. The maximum atomic E-state index is 11.7. The molecule has 6 heteroatoms. The molecule has 0 atom stereocenters. The van der Waals surface area contributed by atoms with Gasteiger partial charge in [-0.3, -0.25) is 0 Å². The van der Waals surface area contributed by atoms with Crippen LogP contribution in [0.4, 0.5) is 0 Å². The number of benzene rings is 3. The van der Waals surface area contributed by atoms with Crippen molar-refractivity contribution in [3.63, 3.8) is 0 Å². The second kappa shape index (κ2) is 14.6. The summed E-state index contributed by atoms with van der Waals surface area (Å²) in [5.74, 6) is 0.365. The number of thiol groups is 1. The summed E-state index contributed by atoms with van der Waals surface area (Å²) in [7, 11) is -3.52. The molecule has 0 fully saturated rings. The SMILES string of the molecule is CCCCCCCCS(=O)(=O)Oc1ccc(O)cc1.c1ccc([SH+]c2ccccc2)cc1. The molecule has 0 aromatic heterocycles. The second-order valence-electron chi connectivity index (χ2n) is 7.39. The summed E-state index contributed by atoms with van der Waals surface area (Å²) in [5.41, 5.74) is 0. The molecule has 1 N–H and O–H groups in total. The largest absolute Gasteiger partial charge is 0.508 e. The second-order valence-corrected chi connectivity index (χ2v) is 10.3. The number of hydrogen-bond donors (Lipinski definition) is 1. The summed E-state index contributed by atoms with van der Waals surface area (Å²) in [6.45, 7) is 2.15. The van der Waals surface area contributed by atoms with Gasteiger partial charge >= 0.3 is 10.1 Å². The van der Waals surface area contributed by atoms with Crippen LogP contribution in [0.15, 0.2) is 94.7 Å². The fraction of sp³-hybridized carbons (Fsp3) is 0.308. The van der Waals surface area contributed by atoms with Gasteiger partial charge in [-0.2, -0.15) is 8.42 Å². The van der Waals surface area contributed by atoms with Gasteiger partial charge in [0.05, 0.1) is 5.75 Å². The molecular weight excluding hydrogens is 440 g/mol. The van der Waals surface area contributed by atoms with Gasteiger partial charge in [0.15, 0.2) is 9.79 Å². The Balaban J connectivity index is 0.000000242. The minimum atomic E-state index is -3.52. The van der Waals surface area contributed by atoms with Crippen LogP contribution >= 0.6 is 0 Å². The van der Waals surface area contributed by atoms with E-state index in [0.29, 0.717) is 6.42 Å². The van der Waals surface area contributed by atoms with Crippen molar-refractivity contribution in [3.8, 4) is 11.5 Å². The van der Waals surface area contributed by atoms with Gasteiger partial charge in [-0.25, -0.2) is 0 Å². The zero-order valence-electron chi connectivity index (χ0n) is 18.6.